The number of benzene rings is 6. The van der Waals surface area contributed by atoms with Crippen LogP contribution in [-0.4, -0.2) is 69.0 Å². The fourth-order valence-corrected chi connectivity index (χ4v) is 7.64. The van der Waals surface area contributed by atoms with Crippen LogP contribution in [-0.2, 0) is 12.8 Å². The maximum atomic E-state index is 12.3. The summed E-state index contributed by atoms with van der Waals surface area (Å²) in [6.07, 6.45) is 10.8. The minimum atomic E-state index is -0.419. The van der Waals surface area contributed by atoms with Gasteiger partial charge in [0.25, 0.3) is 0 Å². The number of allylic oxidation sites excluding steroid dienone is 4. The Bertz CT molecular complexity index is 3020. The SMILES string of the molecule is CC(=O)c1ccc(O)cc1O.CC(=O)c1ccc(OP)cc1O.CC(C)=CCc1cc(C2CC(=O)c3ccc(O)cc3O2)ccc1O.CC(C)=CCc1cc(C=O)ccc1OPP.CCC.CCC.CCC.O=Cc1ccc(O)c(Br)c1.[B]. The van der Waals surface area contributed by atoms with Crippen LogP contribution in [0.2, 0.25) is 0 Å². The number of phenols is 6. The van der Waals surface area contributed by atoms with Crippen molar-refractivity contribution in [3.8, 4) is 51.7 Å². The summed E-state index contributed by atoms with van der Waals surface area (Å²) < 4.78 is 16.7. The third kappa shape index (κ3) is 30.9. The highest BCUT2D eigenvalue weighted by atomic mass is 79.9. The van der Waals surface area contributed by atoms with E-state index >= 15 is 0 Å². The molecule has 447 valence electrons. The van der Waals surface area contributed by atoms with E-state index in [-0.39, 0.29) is 72.2 Å². The number of carbonyl (C=O) groups excluding carboxylic acids is 5. The van der Waals surface area contributed by atoms with Crippen LogP contribution in [0.5, 0.6) is 51.7 Å². The first-order chi connectivity index (χ1) is 38.8. The molecule has 6 N–H and O–H groups in total. The second kappa shape index (κ2) is 43.8. The van der Waals surface area contributed by atoms with E-state index in [0.717, 1.165) is 47.5 Å². The molecule has 1 aliphatic rings. The second-order valence-corrected chi connectivity index (χ2v) is 20.8. The van der Waals surface area contributed by atoms with Crippen LogP contribution in [0.15, 0.2) is 137 Å². The van der Waals surface area contributed by atoms with E-state index in [4.69, 9.17) is 29.1 Å². The molecule has 6 aromatic rings. The maximum absolute atomic E-state index is 12.3. The number of ketones is 3. The zero-order chi connectivity index (χ0) is 62.5. The van der Waals surface area contributed by atoms with Gasteiger partial charge in [-0.1, -0.05) is 99.1 Å². The molecule has 0 fully saturated rings. The van der Waals surface area contributed by atoms with Gasteiger partial charge in [-0.3, -0.25) is 24.0 Å². The Kier molecular flexibility index (Phi) is 41.3. The number of aldehydes is 2. The molecule has 0 saturated heterocycles. The van der Waals surface area contributed by atoms with E-state index < -0.39 is 6.10 Å². The molecule has 4 unspecified atom stereocenters. The van der Waals surface area contributed by atoms with E-state index in [1.54, 1.807) is 42.5 Å². The third-order valence-electron chi connectivity index (χ3n) is 10.2. The summed E-state index contributed by atoms with van der Waals surface area (Å²) in [5, 5.41) is 55.8. The number of fused-ring (bicyclic) bond motifs is 1. The number of phenolic OH excluding ortho intramolecular Hbond substituents is 6. The molecule has 83 heavy (non-hydrogen) atoms. The summed E-state index contributed by atoms with van der Waals surface area (Å²) in [4.78, 5) is 54.8. The highest BCUT2D eigenvalue weighted by Crippen LogP contribution is 2.38. The lowest BCUT2D eigenvalue weighted by atomic mass is 9.94. The zero-order valence-corrected chi connectivity index (χ0v) is 54.5. The fourth-order valence-electron chi connectivity index (χ4n) is 6.39. The van der Waals surface area contributed by atoms with E-state index in [9.17, 15) is 39.3 Å². The largest absolute Gasteiger partial charge is 0.508 e. The molecule has 1 aliphatic heterocycles. The highest BCUT2D eigenvalue weighted by Gasteiger charge is 2.28. The Balaban J connectivity index is 0. The van der Waals surface area contributed by atoms with Crippen molar-refractivity contribution in [2.75, 3.05) is 0 Å². The van der Waals surface area contributed by atoms with E-state index in [1.165, 1.54) is 86.7 Å². The Morgan fingerprint density at radius 2 is 1.10 bits per heavy atom. The fraction of sp³-hybridized carbons (Fsp3) is 0.297. The Morgan fingerprint density at radius 1 is 0.614 bits per heavy atom. The molecular formula is C64H82BBrO14P3. The summed E-state index contributed by atoms with van der Waals surface area (Å²) in [6, 6.07) is 28.3. The van der Waals surface area contributed by atoms with Crippen LogP contribution in [0, 0.1) is 0 Å². The van der Waals surface area contributed by atoms with Crippen LogP contribution in [0.4, 0.5) is 0 Å². The predicted octanol–water partition coefficient (Wildman–Crippen LogP) is 17.0. The number of rotatable bonds is 12. The van der Waals surface area contributed by atoms with Gasteiger partial charge < -0.3 is 44.4 Å². The van der Waals surface area contributed by atoms with Crippen LogP contribution < -0.4 is 13.8 Å². The number of halogens is 1. The standard InChI is InChI=1S/C20H20O4.C12H16O2P2.C8H9O3P.C8H8O3.C7H5BrO2.3C3H8.B/c1-12(2)3-4-13-9-14(5-8-17(13)22)19-11-18(23)16-7-6-15(21)10-20(16)24-19;1-9(2)3-5-11-7-10(8-13)4-6-12(11)14-16-15;1-5(9)7-3-2-6(11-12)4-8(7)10;1-5(9)7-3-2-6(10)4-8(7)11;8-6-3-5(4-9)1-2-7(6)10;3*1-3-2;/h3,5-10,19,21-22H,4,11H2,1-2H3;3-4,6-8,16H,5,15H2,1-2H3;2-4,10H,12H2,1H3;2-4,10-11H,1H3;1-4,10H;3*3H2,1-2H3;. The lowest BCUT2D eigenvalue weighted by Crippen LogP contribution is -2.20. The lowest BCUT2D eigenvalue weighted by molar-refractivity contribution is 0.0848. The normalized spacial score (nSPS) is 11.1. The van der Waals surface area contributed by atoms with E-state index in [2.05, 4.69) is 95.8 Å². The van der Waals surface area contributed by atoms with Gasteiger partial charge in [0.15, 0.2) is 17.3 Å². The summed E-state index contributed by atoms with van der Waals surface area (Å²) in [5.41, 5.74) is 7.39. The number of Topliss-reactive ketones (excluding diaryl/α,β-unsaturated/α-hetero) is 3. The monoisotopic (exact) mass is 1260 g/mol. The van der Waals surface area contributed by atoms with Crippen LogP contribution >= 0.6 is 42.8 Å². The zero-order valence-electron chi connectivity index (χ0n) is 49.6. The van der Waals surface area contributed by atoms with Crippen LogP contribution in [0.3, 0.4) is 0 Å². The number of aromatic hydroxyl groups is 6. The quantitative estimate of drug-likeness (QED) is 0.0220. The summed E-state index contributed by atoms with van der Waals surface area (Å²) >= 11 is 3.08. The Labute approximate surface area is 507 Å². The molecule has 7 rings (SSSR count). The van der Waals surface area contributed by atoms with E-state index in [1.807, 2.05) is 38.1 Å². The van der Waals surface area contributed by atoms with Gasteiger partial charge >= 0.3 is 0 Å². The van der Waals surface area contributed by atoms with Gasteiger partial charge in [0.1, 0.15) is 70.4 Å². The topological polar surface area (TPSA) is 234 Å². The first-order valence-electron chi connectivity index (χ1n) is 26.3. The van der Waals surface area contributed by atoms with Crippen molar-refractivity contribution in [1.82, 2.24) is 0 Å². The molecule has 14 nitrogen and oxygen atoms in total. The average molecular weight is 1260 g/mol. The third-order valence-corrected chi connectivity index (χ3v) is 11.8. The molecular weight excluding hydrogens is 1180 g/mol. The molecule has 3 radical (unpaired) electrons. The van der Waals surface area contributed by atoms with Gasteiger partial charge in [0, 0.05) is 37.7 Å². The Morgan fingerprint density at radius 3 is 1.58 bits per heavy atom. The number of carbonyl (C=O) groups is 5. The lowest BCUT2D eigenvalue weighted by Gasteiger charge is -2.26. The molecule has 0 saturated carbocycles. The Hall–Kier alpha value is -6.82. The van der Waals surface area contributed by atoms with Crippen molar-refractivity contribution in [2.45, 2.75) is 128 Å². The predicted molar refractivity (Wildman–Crippen MR) is 348 cm³/mol. The van der Waals surface area contributed by atoms with Gasteiger partial charge in [-0.2, -0.15) is 0 Å². The molecule has 4 atom stereocenters. The number of hydrogen-bond acceptors (Lipinski definition) is 14. The van der Waals surface area contributed by atoms with Crippen molar-refractivity contribution in [3.05, 3.63) is 181 Å². The molecule has 0 bridgehead atoms. The van der Waals surface area contributed by atoms with Crippen molar-refractivity contribution in [1.29, 1.82) is 0 Å². The van der Waals surface area contributed by atoms with Gasteiger partial charge in [-0.15, -0.1) is 0 Å². The average Bonchev–Trinajstić information content (AvgIpc) is 3.52. The minimum Gasteiger partial charge on any atom is -0.508 e. The van der Waals surface area contributed by atoms with Crippen molar-refractivity contribution >= 4 is 81.2 Å². The van der Waals surface area contributed by atoms with Crippen LogP contribution in [0.25, 0.3) is 0 Å². The molecule has 1 heterocycles. The molecule has 6 aromatic carbocycles. The summed E-state index contributed by atoms with van der Waals surface area (Å²) in [7, 11) is 4.95. The highest BCUT2D eigenvalue weighted by molar-refractivity contribution is 9.10. The smallest absolute Gasteiger partial charge is 0.170 e. The number of ether oxygens (including phenoxy) is 1. The summed E-state index contributed by atoms with van der Waals surface area (Å²) in [6.45, 7) is 23.6. The molecule has 0 amide bonds. The van der Waals surface area contributed by atoms with Gasteiger partial charge in [0.05, 0.1) is 45.5 Å². The van der Waals surface area contributed by atoms with Crippen LogP contribution in [0.1, 0.15) is 183 Å². The molecule has 0 aromatic heterocycles. The molecule has 0 aliphatic carbocycles. The number of hydrogen-bond donors (Lipinski definition) is 6. The van der Waals surface area contributed by atoms with Gasteiger partial charge in [0.2, 0.25) is 0 Å². The molecule has 19 heteroatoms. The van der Waals surface area contributed by atoms with Crippen molar-refractivity contribution in [3.63, 3.8) is 0 Å². The van der Waals surface area contributed by atoms with Gasteiger partial charge in [-0.25, -0.2) is 0 Å². The summed E-state index contributed by atoms with van der Waals surface area (Å²) in [5.74, 6) is 1.52. The maximum Gasteiger partial charge on any atom is 0.170 e. The molecule has 0 spiro atoms. The first kappa shape index (κ1) is 78.3. The second-order valence-electron chi connectivity index (χ2n) is 18.5. The van der Waals surface area contributed by atoms with E-state index in [0.29, 0.717) is 53.1 Å². The van der Waals surface area contributed by atoms with Crippen molar-refractivity contribution in [2.24, 2.45) is 0 Å². The minimum absolute atomic E-state index is 0. The van der Waals surface area contributed by atoms with Crippen molar-refractivity contribution < 1.29 is 68.4 Å². The van der Waals surface area contributed by atoms with Gasteiger partial charge in [-0.05, 0) is 172 Å². The first-order valence-corrected chi connectivity index (χ1v) is 30.3.